The van der Waals surface area contributed by atoms with Gasteiger partial charge in [0, 0.05) is 26.1 Å². The molecule has 1 unspecified atom stereocenters. The molecule has 26 heavy (non-hydrogen) atoms. The number of fused-ring (bicyclic) bond motifs is 2. The summed E-state index contributed by atoms with van der Waals surface area (Å²) >= 11 is 0. The quantitative estimate of drug-likeness (QED) is 0.871. The Morgan fingerprint density at radius 3 is 2.69 bits per heavy atom. The molecule has 0 fully saturated rings. The minimum atomic E-state index is -3.56. The van der Waals surface area contributed by atoms with Gasteiger partial charge in [-0.1, -0.05) is 6.07 Å². The smallest absolute Gasteiger partial charge is 0.279 e. The third-order valence-corrected chi connectivity index (χ3v) is 6.97. The van der Waals surface area contributed by atoms with Gasteiger partial charge in [0.2, 0.25) is 10.0 Å². The van der Waals surface area contributed by atoms with E-state index in [1.807, 2.05) is 12.1 Å². The minimum absolute atomic E-state index is 0.141. The summed E-state index contributed by atoms with van der Waals surface area (Å²) in [6.07, 6.45) is 6.09. The highest BCUT2D eigenvalue weighted by molar-refractivity contribution is 7.89. The molecule has 1 aliphatic carbocycles. The van der Waals surface area contributed by atoms with Gasteiger partial charge in [0.15, 0.2) is 0 Å². The molecule has 7 nitrogen and oxygen atoms in total. The van der Waals surface area contributed by atoms with Crippen molar-refractivity contribution in [3.63, 3.8) is 0 Å². The Balaban J connectivity index is 1.51. The number of benzene rings is 1. The van der Waals surface area contributed by atoms with Crippen molar-refractivity contribution in [2.75, 3.05) is 0 Å². The van der Waals surface area contributed by atoms with Crippen LogP contribution in [-0.4, -0.2) is 28.8 Å². The van der Waals surface area contributed by atoms with Gasteiger partial charge in [0.05, 0.1) is 4.90 Å². The van der Waals surface area contributed by atoms with Crippen LogP contribution in [0, 0.1) is 0 Å². The third kappa shape index (κ3) is 3.23. The number of nitrogens with one attached hydrogen (secondary N) is 1. The molecule has 0 radical (unpaired) electrons. The zero-order valence-electron chi connectivity index (χ0n) is 14.9. The van der Waals surface area contributed by atoms with Crippen LogP contribution in [0.25, 0.3) is 0 Å². The van der Waals surface area contributed by atoms with Crippen LogP contribution in [0.5, 0.6) is 0 Å². The van der Waals surface area contributed by atoms with E-state index in [4.69, 9.17) is 0 Å². The van der Waals surface area contributed by atoms with Gasteiger partial charge in [-0.3, -0.25) is 4.57 Å². The van der Waals surface area contributed by atoms with Gasteiger partial charge in [-0.05, 0) is 61.8 Å². The van der Waals surface area contributed by atoms with E-state index in [1.54, 1.807) is 17.7 Å². The Bertz CT molecular complexity index is 990. The van der Waals surface area contributed by atoms with Crippen LogP contribution < -0.4 is 10.4 Å². The Kier molecular flexibility index (Phi) is 4.48. The molecule has 0 bridgehead atoms. The van der Waals surface area contributed by atoms with E-state index < -0.39 is 10.0 Å². The molecular weight excluding hydrogens is 352 g/mol. The lowest BCUT2D eigenvalue weighted by atomic mass is 9.92. The third-order valence-electron chi connectivity index (χ3n) is 5.45. The molecule has 2 aliphatic rings. The van der Waals surface area contributed by atoms with Crippen molar-refractivity contribution in [1.82, 2.24) is 19.1 Å². The van der Waals surface area contributed by atoms with E-state index in [0.717, 1.165) is 30.7 Å². The van der Waals surface area contributed by atoms with E-state index in [2.05, 4.69) is 9.82 Å². The molecule has 2 aromatic rings. The maximum atomic E-state index is 12.8. The molecule has 0 saturated heterocycles. The van der Waals surface area contributed by atoms with Crippen LogP contribution >= 0.6 is 0 Å². The number of hydrogen-bond acceptors (Lipinski definition) is 4. The van der Waals surface area contributed by atoms with Crippen molar-refractivity contribution in [3.05, 3.63) is 45.6 Å². The zero-order valence-corrected chi connectivity index (χ0v) is 15.8. The summed E-state index contributed by atoms with van der Waals surface area (Å²) in [5.41, 5.74) is 2.28. The summed E-state index contributed by atoms with van der Waals surface area (Å²) in [7, 11) is -1.92. The van der Waals surface area contributed by atoms with Crippen molar-refractivity contribution in [2.24, 2.45) is 7.05 Å². The largest absolute Gasteiger partial charge is 0.345 e. The van der Waals surface area contributed by atoms with Crippen molar-refractivity contribution < 1.29 is 8.42 Å². The van der Waals surface area contributed by atoms with Crippen molar-refractivity contribution in [1.29, 1.82) is 0 Å². The van der Waals surface area contributed by atoms with Gasteiger partial charge >= 0.3 is 5.69 Å². The molecule has 1 atom stereocenters. The van der Waals surface area contributed by atoms with Crippen LogP contribution in [0.1, 0.15) is 42.6 Å². The van der Waals surface area contributed by atoms with Crippen LogP contribution in [0.3, 0.4) is 0 Å². The van der Waals surface area contributed by atoms with Crippen molar-refractivity contribution >= 4 is 10.0 Å². The molecule has 0 spiro atoms. The Hall–Kier alpha value is -1.93. The van der Waals surface area contributed by atoms with E-state index in [9.17, 15) is 13.2 Å². The van der Waals surface area contributed by atoms with Gasteiger partial charge < -0.3 is 0 Å². The van der Waals surface area contributed by atoms with E-state index >= 15 is 0 Å². The van der Waals surface area contributed by atoms with Crippen molar-refractivity contribution in [2.45, 2.75) is 62.4 Å². The first kappa shape index (κ1) is 17.5. The molecule has 1 N–H and O–H groups in total. The highest BCUT2D eigenvalue weighted by atomic mass is 32.2. The zero-order chi connectivity index (χ0) is 18.3. The predicted octanol–water partition coefficient (Wildman–Crippen LogP) is 1.14. The average molecular weight is 376 g/mol. The van der Waals surface area contributed by atoms with Gasteiger partial charge in [-0.15, -0.1) is 0 Å². The second-order valence-electron chi connectivity index (χ2n) is 7.26. The first-order valence-corrected chi connectivity index (χ1v) is 10.7. The number of hydrogen-bond donors (Lipinski definition) is 1. The fraction of sp³-hybridized carbons (Fsp3) is 0.556. The Morgan fingerprint density at radius 1 is 1.12 bits per heavy atom. The average Bonchev–Trinajstić information content (AvgIpc) is 2.78. The fourth-order valence-electron chi connectivity index (χ4n) is 3.98. The normalized spacial score (nSPS) is 20.3. The summed E-state index contributed by atoms with van der Waals surface area (Å²) in [6.45, 7) is 0.485. The van der Waals surface area contributed by atoms with E-state index in [0.29, 0.717) is 30.7 Å². The van der Waals surface area contributed by atoms with Crippen LogP contribution in [0.4, 0.5) is 0 Å². The summed E-state index contributed by atoms with van der Waals surface area (Å²) in [5, 5.41) is 4.24. The van der Waals surface area contributed by atoms with E-state index in [1.165, 1.54) is 16.7 Å². The SMILES string of the molecule is Cn1nc2n(c1=O)CCC(NS(=O)(=O)c1ccc3c(c1)CCCC3)CC2. The maximum Gasteiger partial charge on any atom is 0.345 e. The highest BCUT2D eigenvalue weighted by Crippen LogP contribution is 2.24. The van der Waals surface area contributed by atoms with Gasteiger partial charge in [-0.25, -0.2) is 22.6 Å². The van der Waals surface area contributed by atoms with Gasteiger partial charge in [0.25, 0.3) is 0 Å². The number of aromatic nitrogens is 3. The molecule has 1 aromatic carbocycles. The monoisotopic (exact) mass is 376 g/mol. The number of rotatable bonds is 3. The number of sulfonamides is 1. The Morgan fingerprint density at radius 2 is 1.88 bits per heavy atom. The topological polar surface area (TPSA) is 86.0 Å². The standard InChI is InChI=1S/C18H24N4O3S/c1-21-18(23)22-11-10-15(7-9-17(22)19-21)20-26(24,25)16-8-6-13-4-2-3-5-14(13)12-16/h6,8,12,15,20H,2-5,7,9-11H2,1H3. The molecular formula is C18H24N4O3S. The maximum absolute atomic E-state index is 12.8. The summed E-state index contributed by atoms with van der Waals surface area (Å²) in [4.78, 5) is 12.4. The highest BCUT2D eigenvalue weighted by Gasteiger charge is 2.25. The molecule has 4 rings (SSSR count). The second kappa shape index (κ2) is 6.66. The molecule has 0 saturated carbocycles. The molecule has 1 aromatic heterocycles. The fourth-order valence-corrected chi connectivity index (χ4v) is 5.33. The molecule has 2 heterocycles. The van der Waals surface area contributed by atoms with Gasteiger partial charge in [-0.2, -0.15) is 5.10 Å². The number of nitrogens with zero attached hydrogens (tertiary/aromatic N) is 3. The van der Waals surface area contributed by atoms with Crippen molar-refractivity contribution in [3.8, 4) is 0 Å². The molecule has 1 aliphatic heterocycles. The summed E-state index contributed by atoms with van der Waals surface area (Å²) in [5.74, 6) is 0.730. The summed E-state index contributed by atoms with van der Waals surface area (Å²) < 4.78 is 31.5. The Labute approximate surface area is 153 Å². The molecule has 140 valence electrons. The molecule has 8 heteroatoms. The minimum Gasteiger partial charge on any atom is -0.279 e. The van der Waals surface area contributed by atoms with Crippen LogP contribution in [0.15, 0.2) is 27.9 Å². The summed E-state index contributed by atoms with van der Waals surface area (Å²) in [6, 6.07) is 5.30. The number of aryl methyl sites for hydroxylation is 4. The lowest BCUT2D eigenvalue weighted by Gasteiger charge is -2.19. The molecule has 0 amide bonds. The van der Waals surface area contributed by atoms with Gasteiger partial charge in [0.1, 0.15) is 5.82 Å². The first-order valence-electron chi connectivity index (χ1n) is 9.21. The predicted molar refractivity (Wildman–Crippen MR) is 97.6 cm³/mol. The second-order valence-corrected chi connectivity index (χ2v) is 8.97. The van der Waals surface area contributed by atoms with Crippen LogP contribution in [-0.2, 0) is 42.9 Å². The van der Waals surface area contributed by atoms with E-state index in [-0.39, 0.29) is 11.7 Å². The van der Waals surface area contributed by atoms with Crippen LogP contribution in [0.2, 0.25) is 0 Å². The lowest BCUT2D eigenvalue weighted by molar-refractivity contribution is 0.490. The first-order chi connectivity index (χ1) is 12.4. The lowest BCUT2D eigenvalue weighted by Crippen LogP contribution is -2.35.